The van der Waals surface area contributed by atoms with Gasteiger partial charge in [0, 0.05) is 11.6 Å². The number of aliphatic imine (C=N–C) groups is 1. The summed E-state index contributed by atoms with van der Waals surface area (Å²) in [5, 5.41) is 17.0. The molecule has 236 valence electrons. The third-order valence-electron chi connectivity index (χ3n) is 6.79. The van der Waals surface area contributed by atoms with E-state index in [1.807, 2.05) is 26.0 Å². The Morgan fingerprint density at radius 1 is 1.09 bits per heavy atom. The van der Waals surface area contributed by atoms with Crippen LogP contribution in [0.1, 0.15) is 36.9 Å². The lowest BCUT2D eigenvalue weighted by Crippen LogP contribution is -2.33. The molecule has 1 aliphatic rings. The number of nitrogens with one attached hydrogen (secondary N) is 1. The molecule has 1 N–H and O–H groups in total. The molecule has 0 radical (unpaired) electrons. The molecule has 1 fully saturated rings. The quantitative estimate of drug-likeness (QED) is 0.233. The summed E-state index contributed by atoms with van der Waals surface area (Å²) in [6.45, 7) is 3.98. The molecule has 15 heteroatoms. The number of carbonyl (C=O) groups excluding carboxylic acids is 2. The average molecular weight is 650 g/mol. The zero-order valence-electron chi connectivity index (χ0n) is 24.6. The van der Waals surface area contributed by atoms with Crippen molar-refractivity contribution in [1.82, 2.24) is 20.1 Å². The largest absolute Gasteiger partial charge is 0.573 e. The van der Waals surface area contributed by atoms with Crippen LogP contribution in [0.3, 0.4) is 0 Å². The minimum absolute atomic E-state index is 0.0811. The van der Waals surface area contributed by atoms with Gasteiger partial charge < -0.3 is 14.8 Å². The molecule has 1 saturated heterocycles. The van der Waals surface area contributed by atoms with Crippen molar-refractivity contribution in [1.29, 1.82) is 5.26 Å². The molecule has 5 rings (SSSR count). The Morgan fingerprint density at radius 2 is 1.78 bits per heavy atom. The number of urea groups is 1. The molecular weight excluding hydrogens is 623 g/mol. The maximum atomic E-state index is 13.0. The number of anilines is 1. The highest BCUT2D eigenvalue weighted by atomic mass is 32.2. The lowest BCUT2D eigenvalue weighted by molar-refractivity contribution is -0.274. The SMILES string of the molecule is COc1ccc(C(C)C)c(N2C(=O)CSC2=NC(=O)NC(C#N)c2ccc(-c3ncn(-c4ccc(OC(F)(F)F)cc4)n3)cc2)c1. The first-order chi connectivity index (χ1) is 22.0. The van der Waals surface area contributed by atoms with Gasteiger partial charge in [0.2, 0.25) is 5.91 Å². The number of halogens is 3. The van der Waals surface area contributed by atoms with E-state index in [4.69, 9.17) is 4.74 Å². The molecule has 3 aromatic carbocycles. The Kier molecular flexibility index (Phi) is 9.28. The molecule has 0 spiro atoms. The first-order valence-corrected chi connectivity index (χ1v) is 14.7. The summed E-state index contributed by atoms with van der Waals surface area (Å²) in [6.07, 6.45) is -3.38. The smallest absolute Gasteiger partial charge is 0.497 e. The molecule has 1 aromatic heterocycles. The summed E-state index contributed by atoms with van der Waals surface area (Å²) in [7, 11) is 1.53. The van der Waals surface area contributed by atoms with E-state index in [0.29, 0.717) is 34.1 Å². The van der Waals surface area contributed by atoms with Crippen LogP contribution in [0.25, 0.3) is 17.1 Å². The molecule has 11 nitrogen and oxygen atoms in total. The first kappa shape index (κ1) is 32.0. The van der Waals surface area contributed by atoms with E-state index < -0.39 is 18.4 Å². The molecule has 4 aromatic rings. The van der Waals surface area contributed by atoms with Gasteiger partial charge in [0.1, 0.15) is 23.9 Å². The van der Waals surface area contributed by atoms with Crippen LogP contribution >= 0.6 is 11.8 Å². The van der Waals surface area contributed by atoms with Gasteiger partial charge in [0.15, 0.2) is 11.0 Å². The third kappa shape index (κ3) is 7.29. The molecule has 0 saturated carbocycles. The number of amides is 3. The van der Waals surface area contributed by atoms with Gasteiger partial charge >= 0.3 is 12.4 Å². The predicted molar refractivity (Wildman–Crippen MR) is 165 cm³/mol. The van der Waals surface area contributed by atoms with Crippen molar-refractivity contribution in [3.63, 3.8) is 0 Å². The number of hydrogen-bond acceptors (Lipinski definition) is 8. The van der Waals surface area contributed by atoms with Crippen LogP contribution < -0.4 is 19.7 Å². The van der Waals surface area contributed by atoms with E-state index in [9.17, 15) is 28.0 Å². The number of rotatable bonds is 8. The van der Waals surface area contributed by atoms with Crippen molar-refractivity contribution in [3.8, 4) is 34.6 Å². The van der Waals surface area contributed by atoms with Gasteiger partial charge in [0.05, 0.1) is 30.3 Å². The summed E-state index contributed by atoms with van der Waals surface area (Å²) in [4.78, 5) is 35.6. The molecule has 0 aliphatic carbocycles. The monoisotopic (exact) mass is 649 g/mol. The molecule has 1 aliphatic heterocycles. The van der Waals surface area contributed by atoms with E-state index in [1.165, 1.54) is 47.3 Å². The standard InChI is InChI=1S/C31H26F3N7O4S/c1-18(2)24-13-12-23(44-3)14-26(24)41-27(42)16-46-30(41)38-29(43)37-25(15-35)19-4-6-20(7-5-19)28-36-17-40(39-28)21-8-10-22(11-9-21)45-31(32,33)34/h4-14,17-18,25H,16H2,1-3H3,(H,37,43). The highest BCUT2D eigenvalue weighted by Gasteiger charge is 2.33. The minimum atomic E-state index is -4.79. The molecule has 0 bridgehead atoms. The van der Waals surface area contributed by atoms with Crippen molar-refractivity contribution >= 4 is 34.6 Å². The van der Waals surface area contributed by atoms with E-state index in [2.05, 4.69) is 25.1 Å². The Bertz CT molecular complexity index is 1820. The van der Waals surface area contributed by atoms with E-state index in [0.717, 1.165) is 17.3 Å². The topological polar surface area (TPSA) is 135 Å². The van der Waals surface area contributed by atoms with Crippen LogP contribution in [0.2, 0.25) is 0 Å². The number of aromatic nitrogens is 3. The van der Waals surface area contributed by atoms with Crippen LogP contribution in [0.5, 0.6) is 11.5 Å². The maximum absolute atomic E-state index is 13.0. The van der Waals surface area contributed by atoms with E-state index in [-0.39, 0.29) is 28.5 Å². The second kappa shape index (κ2) is 13.3. The molecule has 46 heavy (non-hydrogen) atoms. The molecule has 1 atom stereocenters. The van der Waals surface area contributed by atoms with Crippen LogP contribution in [-0.4, -0.2) is 51.1 Å². The number of nitrogens with zero attached hydrogens (tertiary/aromatic N) is 6. The molecule has 2 heterocycles. The van der Waals surface area contributed by atoms with Gasteiger partial charge in [-0.3, -0.25) is 9.69 Å². The molecule has 3 amide bonds. The zero-order chi connectivity index (χ0) is 33.0. The summed E-state index contributed by atoms with van der Waals surface area (Å²) in [5.41, 5.74) is 2.99. The van der Waals surface area contributed by atoms with Crippen molar-refractivity contribution in [2.45, 2.75) is 32.2 Å². The van der Waals surface area contributed by atoms with Crippen molar-refractivity contribution in [2.75, 3.05) is 17.8 Å². The first-order valence-electron chi connectivity index (χ1n) is 13.8. The Morgan fingerprint density at radius 3 is 2.41 bits per heavy atom. The van der Waals surface area contributed by atoms with Crippen molar-refractivity contribution in [3.05, 3.63) is 84.2 Å². The van der Waals surface area contributed by atoms with E-state index in [1.54, 1.807) is 36.4 Å². The number of alkyl halides is 3. The summed E-state index contributed by atoms with van der Waals surface area (Å²) in [6, 6.07) is 17.4. The van der Waals surface area contributed by atoms with E-state index >= 15 is 0 Å². The fourth-order valence-electron chi connectivity index (χ4n) is 4.59. The second-order valence-corrected chi connectivity index (χ2v) is 11.1. The lowest BCUT2D eigenvalue weighted by atomic mass is 10.00. The number of hydrogen-bond donors (Lipinski definition) is 1. The highest BCUT2D eigenvalue weighted by Crippen LogP contribution is 2.36. The second-order valence-electron chi connectivity index (χ2n) is 10.2. The van der Waals surface area contributed by atoms with Gasteiger partial charge in [-0.2, -0.15) is 10.3 Å². The van der Waals surface area contributed by atoms with Gasteiger partial charge in [-0.15, -0.1) is 18.3 Å². The summed E-state index contributed by atoms with van der Waals surface area (Å²) < 4.78 is 47.9. The van der Waals surface area contributed by atoms with Gasteiger partial charge in [-0.05, 0) is 47.4 Å². The van der Waals surface area contributed by atoms with Crippen LogP contribution in [0, 0.1) is 11.3 Å². The fraction of sp³-hybridized carbons (Fsp3) is 0.226. The minimum Gasteiger partial charge on any atom is -0.497 e. The Balaban J connectivity index is 1.29. The Labute approximate surface area is 265 Å². The summed E-state index contributed by atoms with van der Waals surface area (Å²) >= 11 is 1.12. The number of nitriles is 1. The van der Waals surface area contributed by atoms with Crippen molar-refractivity contribution < 1.29 is 32.2 Å². The third-order valence-corrected chi connectivity index (χ3v) is 7.71. The Hall–Kier alpha value is -5.36. The average Bonchev–Trinajstić information content (AvgIpc) is 3.66. The zero-order valence-corrected chi connectivity index (χ0v) is 25.5. The molecule has 1 unspecified atom stereocenters. The van der Waals surface area contributed by atoms with Gasteiger partial charge in [0.25, 0.3) is 0 Å². The maximum Gasteiger partial charge on any atom is 0.573 e. The number of methoxy groups -OCH3 is 1. The number of carbonyl (C=O) groups is 2. The van der Waals surface area contributed by atoms with Crippen LogP contribution in [-0.2, 0) is 4.79 Å². The van der Waals surface area contributed by atoms with Crippen molar-refractivity contribution in [2.24, 2.45) is 4.99 Å². The molecular formula is C31H26F3N7O4S. The number of ether oxygens (including phenoxy) is 2. The lowest BCUT2D eigenvalue weighted by Gasteiger charge is -2.22. The normalized spacial score (nSPS) is 14.8. The number of thioether (sulfide) groups is 1. The number of benzene rings is 3. The highest BCUT2D eigenvalue weighted by molar-refractivity contribution is 8.15. The van der Waals surface area contributed by atoms with Gasteiger partial charge in [-0.25, -0.2) is 14.5 Å². The predicted octanol–water partition coefficient (Wildman–Crippen LogP) is 6.38. The van der Waals surface area contributed by atoms with Crippen LogP contribution in [0.4, 0.5) is 23.7 Å². The number of amidine groups is 1. The van der Waals surface area contributed by atoms with Crippen LogP contribution in [0.15, 0.2) is 78.0 Å². The van der Waals surface area contributed by atoms with Gasteiger partial charge in [-0.1, -0.05) is 55.9 Å². The summed E-state index contributed by atoms with van der Waals surface area (Å²) in [5.74, 6) is 0.470. The fourth-order valence-corrected chi connectivity index (χ4v) is 5.45.